The number of fused-ring (bicyclic) bond motifs is 1. The van der Waals surface area contributed by atoms with Crippen LogP contribution in [0, 0.1) is 0 Å². The van der Waals surface area contributed by atoms with Gasteiger partial charge in [-0.1, -0.05) is 0 Å². The zero-order valence-electron chi connectivity index (χ0n) is 16.4. The molecule has 2 aliphatic heterocycles. The Morgan fingerprint density at radius 2 is 1.90 bits per heavy atom. The average Bonchev–Trinajstić information content (AvgIpc) is 2.97. The van der Waals surface area contributed by atoms with Crippen molar-refractivity contribution < 1.29 is 9.53 Å². The van der Waals surface area contributed by atoms with Gasteiger partial charge in [-0.3, -0.25) is 9.48 Å². The zero-order valence-corrected chi connectivity index (χ0v) is 18.1. The lowest BCUT2D eigenvalue weighted by Gasteiger charge is -2.28. The van der Waals surface area contributed by atoms with Gasteiger partial charge in [0.05, 0.1) is 24.6 Å². The highest BCUT2D eigenvalue weighted by Gasteiger charge is 2.13. The molecule has 0 unspecified atom stereocenters. The molecule has 1 amide bonds. The molecule has 3 heterocycles. The number of carbonyl (C=O) groups excluding carboxylic acids is 1. The summed E-state index contributed by atoms with van der Waals surface area (Å²) in [6.45, 7) is 6.20. The fourth-order valence-electron chi connectivity index (χ4n) is 3.59. The molecule has 29 heavy (non-hydrogen) atoms. The van der Waals surface area contributed by atoms with E-state index in [9.17, 15) is 4.79 Å². The SMILES string of the molecule is Cl.Cl.O=C(CCc1cc2n(n1)CCCNC2)Nc1ccc(N2CCOCC2)cc1. The largest absolute Gasteiger partial charge is 0.378 e. The van der Waals surface area contributed by atoms with E-state index in [2.05, 4.69) is 43.5 Å². The molecule has 1 aromatic carbocycles. The van der Waals surface area contributed by atoms with Crippen molar-refractivity contribution in [2.24, 2.45) is 0 Å². The van der Waals surface area contributed by atoms with Crippen LogP contribution in [0.4, 0.5) is 11.4 Å². The standard InChI is InChI=1S/C20H27N5O2.2ClH/c26-20(7-4-17-14-19-15-21-8-1-9-25(19)23-17)22-16-2-5-18(6-3-16)24-10-12-27-13-11-24;;/h2-3,5-6,14,21H,1,4,7-13,15H2,(H,22,26);2*1H. The summed E-state index contributed by atoms with van der Waals surface area (Å²) in [5.74, 6) is 0.0236. The average molecular weight is 442 g/mol. The highest BCUT2D eigenvalue weighted by atomic mass is 35.5. The third-order valence-corrected chi connectivity index (χ3v) is 5.08. The first-order chi connectivity index (χ1) is 13.3. The summed E-state index contributed by atoms with van der Waals surface area (Å²) >= 11 is 0. The molecule has 0 saturated carbocycles. The highest BCUT2D eigenvalue weighted by Crippen LogP contribution is 2.19. The second kappa shape index (κ2) is 11.4. The minimum absolute atomic E-state index is 0. The van der Waals surface area contributed by atoms with Crippen LogP contribution < -0.4 is 15.5 Å². The number of nitrogens with zero attached hydrogens (tertiary/aromatic N) is 3. The summed E-state index contributed by atoms with van der Waals surface area (Å²) in [6.07, 6.45) is 2.20. The fourth-order valence-corrected chi connectivity index (χ4v) is 3.59. The topological polar surface area (TPSA) is 71.4 Å². The highest BCUT2D eigenvalue weighted by molar-refractivity contribution is 5.91. The van der Waals surface area contributed by atoms with E-state index < -0.39 is 0 Å². The number of benzene rings is 1. The van der Waals surface area contributed by atoms with Crippen molar-refractivity contribution >= 4 is 42.1 Å². The Hall–Kier alpha value is -1.80. The predicted octanol–water partition coefficient (Wildman–Crippen LogP) is 2.63. The monoisotopic (exact) mass is 441 g/mol. The Kier molecular flexibility index (Phi) is 9.23. The van der Waals surface area contributed by atoms with Gasteiger partial charge in [0, 0.05) is 50.4 Å². The number of hydrogen-bond donors (Lipinski definition) is 2. The minimum atomic E-state index is 0. The van der Waals surface area contributed by atoms with Gasteiger partial charge >= 0.3 is 0 Å². The molecular weight excluding hydrogens is 413 g/mol. The quantitative estimate of drug-likeness (QED) is 0.745. The molecule has 0 radical (unpaired) electrons. The lowest BCUT2D eigenvalue weighted by atomic mass is 10.2. The summed E-state index contributed by atoms with van der Waals surface area (Å²) < 4.78 is 7.45. The van der Waals surface area contributed by atoms with E-state index in [1.807, 2.05) is 12.1 Å². The number of morpholine rings is 1. The maximum atomic E-state index is 12.3. The first-order valence-corrected chi connectivity index (χ1v) is 9.77. The zero-order chi connectivity index (χ0) is 18.5. The Balaban J connectivity index is 0.00000150. The first kappa shape index (κ1) is 23.5. The molecule has 1 aromatic heterocycles. The van der Waals surface area contributed by atoms with E-state index >= 15 is 0 Å². The van der Waals surface area contributed by atoms with Crippen molar-refractivity contribution in [1.82, 2.24) is 15.1 Å². The molecule has 2 N–H and O–H groups in total. The number of amides is 1. The molecule has 2 aromatic rings. The van der Waals surface area contributed by atoms with Crippen LogP contribution >= 0.6 is 24.8 Å². The number of carbonyl (C=O) groups is 1. The van der Waals surface area contributed by atoms with Crippen LogP contribution in [0.1, 0.15) is 24.2 Å². The number of anilines is 2. The fraction of sp³-hybridized carbons (Fsp3) is 0.500. The van der Waals surface area contributed by atoms with E-state index in [4.69, 9.17) is 4.74 Å². The van der Waals surface area contributed by atoms with Crippen molar-refractivity contribution in [3.8, 4) is 0 Å². The van der Waals surface area contributed by atoms with Crippen molar-refractivity contribution in [2.45, 2.75) is 32.4 Å². The molecule has 0 bridgehead atoms. The number of hydrogen-bond acceptors (Lipinski definition) is 5. The lowest BCUT2D eigenvalue weighted by molar-refractivity contribution is -0.116. The van der Waals surface area contributed by atoms with Gasteiger partial charge in [0.2, 0.25) is 5.91 Å². The number of ether oxygens (including phenoxy) is 1. The van der Waals surface area contributed by atoms with Gasteiger partial charge in [-0.05, 0) is 43.3 Å². The van der Waals surface area contributed by atoms with E-state index in [0.717, 1.165) is 63.7 Å². The Labute approximate surface area is 184 Å². The maximum Gasteiger partial charge on any atom is 0.224 e. The number of aromatic nitrogens is 2. The summed E-state index contributed by atoms with van der Waals surface area (Å²) in [5.41, 5.74) is 4.21. The smallest absolute Gasteiger partial charge is 0.224 e. The van der Waals surface area contributed by atoms with Crippen LogP contribution in [-0.2, 0) is 29.0 Å². The molecule has 0 atom stereocenters. The van der Waals surface area contributed by atoms with Crippen molar-refractivity contribution in [3.05, 3.63) is 41.7 Å². The molecule has 1 saturated heterocycles. The Morgan fingerprint density at radius 1 is 1.14 bits per heavy atom. The molecule has 7 nitrogen and oxygen atoms in total. The minimum Gasteiger partial charge on any atom is -0.378 e. The first-order valence-electron chi connectivity index (χ1n) is 9.77. The number of aryl methyl sites for hydroxylation is 2. The summed E-state index contributed by atoms with van der Waals surface area (Å²) in [6, 6.07) is 10.2. The Morgan fingerprint density at radius 3 is 2.66 bits per heavy atom. The van der Waals surface area contributed by atoms with Crippen molar-refractivity contribution in [1.29, 1.82) is 0 Å². The van der Waals surface area contributed by atoms with E-state index in [0.29, 0.717) is 12.8 Å². The predicted molar refractivity (Wildman–Crippen MR) is 119 cm³/mol. The third kappa shape index (κ3) is 6.34. The van der Waals surface area contributed by atoms with Crippen LogP contribution in [0.5, 0.6) is 0 Å². The Bertz CT molecular complexity index is 752. The van der Waals surface area contributed by atoms with Crippen LogP contribution in [0.15, 0.2) is 30.3 Å². The third-order valence-electron chi connectivity index (χ3n) is 5.08. The van der Waals surface area contributed by atoms with Crippen molar-refractivity contribution in [2.75, 3.05) is 43.1 Å². The lowest BCUT2D eigenvalue weighted by Crippen LogP contribution is -2.36. The van der Waals surface area contributed by atoms with Crippen LogP contribution in [0.25, 0.3) is 0 Å². The van der Waals surface area contributed by atoms with E-state index in [1.54, 1.807) is 0 Å². The van der Waals surface area contributed by atoms with E-state index in [1.165, 1.54) is 11.4 Å². The van der Waals surface area contributed by atoms with Gasteiger partial charge in [0.15, 0.2) is 0 Å². The molecule has 1 fully saturated rings. The summed E-state index contributed by atoms with van der Waals surface area (Å²) in [4.78, 5) is 14.6. The molecule has 0 spiro atoms. The number of nitrogens with one attached hydrogen (secondary N) is 2. The van der Waals surface area contributed by atoms with Crippen LogP contribution in [0.2, 0.25) is 0 Å². The number of rotatable bonds is 5. The number of halogens is 2. The van der Waals surface area contributed by atoms with Gasteiger partial charge in [-0.15, -0.1) is 24.8 Å². The second-order valence-electron chi connectivity index (χ2n) is 7.07. The molecular formula is C20H29Cl2N5O2. The van der Waals surface area contributed by atoms with Gasteiger partial charge in [-0.25, -0.2) is 0 Å². The van der Waals surface area contributed by atoms with E-state index in [-0.39, 0.29) is 30.7 Å². The summed E-state index contributed by atoms with van der Waals surface area (Å²) in [5, 5.41) is 11.0. The molecule has 0 aliphatic carbocycles. The normalized spacial score (nSPS) is 16.1. The van der Waals surface area contributed by atoms with Gasteiger partial charge < -0.3 is 20.3 Å². The van der Waals surface area contributed by atoms with Gasteiger partial charge in [0.25, 0.3) is 0 Å². The summed E-state index contributed by atoms with van der Waals surface area (Å²) in [7, 11) is 0. The van der Waals surface area contributed by atoms with Crippen LogP contribution in [-0.4, -0.2) is 48.5 Å². The van der Waals surface area contributed by atoms with Gasteiger partial charge in [0.1, 0.15) is 0 Å². The molecule has 160 valence electrons. The van der Waals surface area contributed by atoms with Gasteiger partial charge in [-0.2, -0.15) is 5.10 Å². The van der Waals surface area contributed by atoms with Crippen molar-refractivity contribution in [3.63, 3.8) is 0 Å². The second-order valence-corrected chi connectivity index (χ2v) is 7.07. The maximum absolute atomic E-state index is 12.3. The molecule has 2 aliphatic rings. The molecule has 4 rings (SSSR count). The van der Waals surface area contributed by atoms with Crippen LogP contribution in [0.3, 0.4) is 0 Å². The molecule has 9 heteroatoms.